The summed E-state index contributed by atoms with van der Waals surface area (Å²) in [7, 11) is 0. The van der Waals surface area contributed by atoms with Crippen LogP contribution in [0.15, 0.2) is 24.3 Å². The van der Waals surface area contributed by atoms with Crippen molar-refractivity contribution in [2.45, 2.75) is 187 Å². The van der Waals surface area contributed by atoms with Crippen LogP contribution in [0.25, 0.3) is 0 Å². The van der Waals surface area contributed by atoms with E-state index in [9.17, 15) is 9.59 Å². The van der Waals surface area contributed by atoms with Gasteiger partial charge < -0.3 is 9.84 Å². The molecule has 0 fully saturated rings. The lowest BCUT2D eigenvalue weighted by atomic mass is 10.0. The van der Waals surface area contributed by atoms with Gasteiger partial charge in [-0.05, 0) is 70.6 Å². The summed E-state index contributed by atoms with van der Waals surface area (Å²) >= 11 is 0. The van der Waals surface area contributed by atoms with Crippen LogP contribution in [0.1, 0.15) is 181 Å². The fourth-order valence-electron chi connectivity index (χ4n) is 4.92. The Morgan fingerprint density at radius 1 is 0.564 bits per heavy atom. The molecule has 0 amide bonds. The zero-order chi connectivity index (χ0) is 28.7. The van der Waals surface area contributed by atoms with E-state index >= 15 is 0 Å². The summed E-state index contributed by atoms with van der Waals surface area (Å²) in [5, 5.41) is 8.75. The Labute approximate surface area is 242 Å². The first-order valence-corrected chi connectivity index (χ1v) is 16.8. The quantitative estimate of drug-likeness (QED) is 0.0550. The number of carboxylic acid groups (broad SMARTS) is 1. The number of carbonyl (C=O) groups is 2. The van der Waals surface area contributed by atoms with Crippen molar-refractivity contribution in [2.75, 3.05) is 0 Å². The fraction of sp³-hybridized carbons (Fsp3) is 0.829. The molecule has 228 valence electrons. The minimum absolute atomic E-state index is 0.0156. The molecular weight excluding hydrogens is 484 g/mol. The van der Waals surface area contributed by atoms with Crippen molar-refractivity contribution in [1.82, 2.24) is 0 Å². The summed E-state index contributed by atoms with van der Waals surface area (Å²) in [5.41, 5.74) is 0. The summed E-state index contributed by atoms with van der Waals surface area (Å²) in [5.74, 6) is -0.719. The van der Waals surface area contributed by atoms with Crippen molar-refractivity contribution in [3.05, 3.63) is 24.3 Å². The van der Waals surface area contributed by atoms with Crippen LogP contribution in [-0.2, 0) is 14.3 Å². The van der Waals surface area contributed by atoms with E-state index in [0.717, 1.165) is 77.0 Å². The number of allylic oxidation sites excluding steroid dienone is 4. The Kier molecular flexibility index (Phi) is 29.7. The fourth-order valence-corrected chi connectivity index (χ4v) is 4.92. The zero-order valence-corrected chi connectivity index (χ0v) is 25.9. The number of carbonyl (C=O) groups excluding carboxylic acids is 1. The highest BCUT2D eigenvalue weighted by Crippen LogP contribution is 2.18. The van der Waals surface area contributed by atoms with Crippen LogP contribution in [0.2, 0.25) is 0 Å². The molecule has 1 atom stereocenters. The van der Waals surface area contributed by atoms with E-state index in [0.29, 0.717) is 6.42 Å². The van der Waals surface area contributed by atoms with Gasteiger partial charge in [0.1, 0.15) is 6.10 Å². The predicted octanol–water partition coefficient (Wildman–Crippen LogP) is 11.3. The molecule has 0 heterocycles. The molecule has 39 heavy (non-hydrogen) atoms. The van der Waals surface area contributed by atoms with Gasteiger partial charge in [0, 0.05) is 12.8 Å². The third kappa shape index (κ3) is 30.8. The highest BCUT2D eigenvalue weighted by Gasteiger charge is 2.14. The summed E-state index contributed by atoms with van der Waals surface area (Å²) in [6, 6.07) is 0. The summed E-state index contributed by atoms with van der Waals surface area (Å²) in [4.78, 5) is 23.1. The highest BCUT2D eigenvalue weighted by molar-refractivity contribution is 5.69. The van der Waals surface area contributed by atoms with Crippen LogP contribution in [0, 0.1) is 0 Å². The first kappa shape index (κ1) is 37.4. The molecule has 0 saturated heterocycles. The van der Waals surface area contributed by atoms with Gasteiger partial charge in [-0.25, -0.2) is 0 Å². The maximum absolute atomic E-state index is 12.5. The normalized spacial score (nSPS) is 12.5. The Morgan fingerprint density at radius 2 is 1.00 bits per heavy atom. The van der Waals surface area contributed by atoms with Crippen LogP contribution in [0.3, 0.4) is 0 Å². The predicted molar refractivity (Wildman–Crippen MR) is 167 cm³/mol. The molecule has 4 nitrogen and oxygen atoms in total. The molecule has 1 unspecified atom stereocenters. The first-order valence-electron chi connectivity index (χ1n) is 16.8. The smallest absolute Gasteiger partial charge is 0.306 e. The summed E-state index contributed by atoms with van der Waals surface area (Å²) < 4.78 is 5.93. The second-order valence-corrected chi connectivity index (χ2v) is 11.3. The average Bonchev–Trinajstić information content (AvgIpc) is 2.91. The number of unbranched alkanes of at least 4 members (excludes halogenated alkanes) is 17. The van der Waals surface area contributed by atoms with Crippen molar-refractivity contribution in [1.29, 1.82) is 0 Å². The molecule has 0 aromatic rings. The molecule has 0 aromatic heterocycles. The number of carboxylic acids is 1. The molecule has 0 bridgehead atoms. The van der Waals surface area contributed by atoms with Crippen molar-refractivity contribution in [3.63, 3.8) is 0 Å². The molecule has 0 saturated carbocycles. The topological polar surface area (TPSA) is 63.6 Å². The number of hydrogen-bond donors (Lipinski definition) is 1. The summed E-state index contributed by atoms with van der Waals surface area (Å²) in [6.45, 7) is 4.49. The molecular formula is C35H64O4. The molecule has 4 heteroatoms. The lowest BCUT2D eigenvalue weighted by Crippen LogP contribution is -2.18. The van der Waals surface area contributed by atoms with Gasteiger partial charge >= 0.3 is 11.9 Å². The Balaban J connectivity index is 3.96. The van der Waals surface area contributed by atoms with E-state index in [1.54, 1.807) is 0 Å². The maximum atomic E-state index is 12.5. The number of ether oxygens (including phenoxy) is 1. The number of hydrogen-bond acceptors (Lipinski definition) is 3. The van der Waals surface area contributed by atoms with Gasteiger partial charge in [-0.15, -0.1) is 0 Å². The summed E-state index contributed by atoms with van der Waals surface area (Å²) in [6.07, 6.45) is 37.6. The van der Waals surface area contributed by atoms with Crippen molar-refractivity contribution in [3.8, 4) is 0 Å². The van der Waals surface area contributed by atoms with E-state index in [4.69, 9.17) is 9.84 Å². The van der Waals surface area contributed by atoms with Gasteiger partial charge in [0.2, 0.25) is 0 Å². The van der Waals surface area contributed by atoms with Crippen LogP contribution >= 0.6 is 0 Å². The number of aliphatic carboxylic acids is 1. The van der Waals surface area contributed by atoms with Crippen LogP contribution in [0.5, 0.6) is 0 Å². The van der Waals surface area contributed by atoms with Gasteiger partial charge in [0.15, 0.2) is 0 Å². The lowest BCUT2D eigenvalue weighted by Gasteiger charge is -2.18. The van der Waals surface area contributed by atoms with Gasteiger partial charge in [-0.2, -0.15) is 0 Å². The van der Waals surface area contributed by atoms with Gasteiger partial charge in [0.25, 0.3) is 0 Å². The Morgan fingerprint density at radius 3 is 1.56 bits per heavy atom. The van der Waals surface area contributed by atoms with E-state index in [1.807, 2.05) is 0 Å². The number of rotatable bonds is 30. The molecule has 0 aliphatic carbocycles. The van der Waals surface area contributed by atoms with E-state index in [-0.39, 0.29) is 18.5 Å². The highest BCUT2D eigenvalue weighted by atomic mass is 16.5. The van der Waals surface area contributed by atoms with Gasteiger partial charge in [-0.1, -0.05) is 122 Å². The molecule has 0 aromatic carbocycles. The second-order valence-electron chi connectivity index (χ2n) is 11.3. The molecule has 0 spiro atoms. The standard InChI is InChI=1S/C35H64O4/c1-3-5-7-9-11-12-13-14-15-16-17-18-19-24-28-32-35(38)39-33(29-25-21-10-8-6-4-2)30-26-22-20-23-27-31-34(36)37/h11-12,14-15,33H,3-10,13,16-32H2,1-2H3,(H,36,37)/b12-11-,15-14-. The molecule has 0 radical (unpaired) electrons. The third-order valence-electron chi connectivity index (χ3n) is 7.43. The SMILES string of the molecule is CCCCC/C=C\C/C=C\CCCCCCCC(=O)OC(CCCCCCCC)CCCCCCCC(=O)O. The van der Waals surface area contributed by atoms with Crippen molar-refractivity contribution < 1.29 is 19.4 Å². The Bertz CT molecular complexity index is 595. The van der Waals surface area contributed by atoms with Gasteiger partial charge in [0.05, 0.1) is 0 Å². The second kappa shape index (κ2) is 31.0. The van der Waals surface area contributed by atoms with E-state index in [2.05, 4.69) is 38.2 Å². The van der Waals surface area contributed by atoms with E-state index in [1.165, 1.54) is 77.0 Å². The Hall–Kier alpha value is -1.58. The molecule has 0 aliphatic heterocycles. The molecule has 1 N–H and O–H groups in total. The van der Waals surface area contributed by atoms with E-state index < -0.39 is 5.97 Å². The molecule has 0 rings (SSSR count). The van der Waals surface area contributed by atoms with Crippen LogP contribution < -0.4 is 0 Å². The third-order valence-corrected chi connectivity index (χ3v) is 7.43. The maximum Gasteiger partial charge on any atom is 0.306 e. The number of esters is 1. The van der Waals surface area contributed by atoms with Gasteiger partial charge in [-0.3, -0.25) is 9.59 Å². The van der Waals surface area contributed by atoms with Crippen LogP contribution in [-0.4, -0.2) is 23.1 Å². The van der Waals surface area contributed by atoms with Crippen molar-refractivity contribution in [2.24, 2.45) is 0 Å². The van der Waals surface area contributed by atoms with Crippen molar-refractivity contribution >= 4 is 11.9 Å². The minimum Gasteiger partial charge on any atom is -0.481 e. The largest absolute Gasteiger partial charge is 0.481 e. The van der Waals surface area contributed by atoms with Crippen LogP contribution in [0.4, 0.5) is 0 Å². The lowest BCUT2D eigenvalue weighted by molar-refractivity contribution is -0.150. The zero-order valence-electron chi connectivity index (χ0n) is 25.9. The minimum atomic E-state index is -0.704. The first-order chi connectivity index (χ1) is 19.1. The monoisotopic (exact) mass is 548 g/mol. The average molecular weight is 549 g/mol. The molecule has 0 aliphatic rings.